The Bertz CT molecular complexity index is 1430. The smallest absolute Gasteiger partial charge is 0.255 e. The summed E-state index contributed by atoms with van der Waals surface area (Å²) in [5.41, 5.74) is 8.47. The standard InChI is InChI=1S/C24H19N5O2/c1-2-22(30)28-18-5-3-6-19(13-18)29-23(31)10-7-16-15-27-21-9-8-17(26-12-4-11-25)14-20(21)24(16)29/h2-15H,1,25H2,(H,28,30). The van der Waals surface area contributed by atoms with Crippen LogP contribution >= 0.6 is 0 Å². The van der Waals surface area contributed by atoms with Crippen LogP contribution in [0.3, 0.4) is 0 Å². The zero-order valence-corrected chi connectivity index (χ0v) is 16.5. The number of nitrogens with two attached hydrogens (primary N) is 1. The summed E-state index contributed by atoms with van der Waals surface area (Å²) < 4.78 is 1.61. The van der Waals surface area contributed by atoms with Crippen LogP contribution in [0.2, 0.25) is 0 Å². The molecule has 0 aliphatic rings. The molecule has 31 heavy (non-hydrogen) atoms. The SMILES string of the molecule is C=CC(=O)Nc1cccc(-n2c(=O)ccc3cnc4ccc(N=CC=CN)cc4c32)c1. The van der Waals surface area contributed by atoms with E-state index in [1.54, 1.807) is 47.3 Å². The van der Waals surface area contributed by atoms with Crippen molar-refractivity contribution in [3.8, 4) is 5.69 Å². The van der Waals surface area contributed by atoms with E-state index in [4.69, 9.17) is 5.73 Å². The molecule has 2 heterocycles. The second-order valence-electron chi connectivity index (χ2n) is 6.68. The highest BCUT2D eigenvalue weighted by molar-refractivity contribution is 6.05. The fourth-order valence-electron chi connectivity index (χ4n) is 3.33. The normalized spacial score (nSPS) is 11.5. The number of carbonyl (C=O) groups excluding carboxylic acids is 1. The van der Waals surface area contributed by atoms with Gasteiger partial charge < -0.3 is 11.1 Å². The second kappa shape index (κ2) is 8.46. The van der Waals surface area contributed by atoms with Crippen molar-refractivity contribution >= 4 is 45.3 Å². The van der Waals surface area contributed by atoms with Gasteiger partial charge in [0.25, 0.3) is 5.56 Å². The number of rotatable bonds is 5. The fraction of sp³-hybridized carbons (Fsp3) is 0. The Morgan fingerprint density at radius 2 is 2.03 bits per heavy atom. The topological polar surface area (TPSA) is 102 Å². The highest BCUT2D eigenvalue weighted by atomic mass is 16.1. The van der Waals surface area contributed by atoms with Crippen LogP contribution in [-0.4, -0.2) is 21.7 Å². The number of carbonyl (C=O) groups is 1. The van der Waals surface area contributed by atoms with Crippen molar-refractivity contribution in [1.29, 1.82) is 0 Å². The van der Waals surface area contributed by atoms with Crippen LogP contribution in [0, 0.1) is 0 Å². The molecule has 1 amide bonds. The zero-order valence-electron chi connectivity index (χ0n) is 16.5. The minimum atomic E-state index is -0.328. The largest absolute Gasteiger partial charge is 0.405 e. The van der Waals surface area contributed by atoms with Crippen LogP contribution in [0.5, 0.6) is 0 Å². The van der Waals surface area contributed by atoms with Gasteiger partial charge in [0.2, 0.25) is 5.91 Å². The van der Waals surface area contributed by atoms with Crippen molar-refractivity contribution in [2.75, 3.05) is 5.32 Å². The van der Waals surface area contributed by atoms with Crippen LogP contribution < -0.4 is 16.6 Å². The van der Waals surface area contributed by atoms with Gasteiger partial charge in [-0.1, -0.05) is 12.6 Å². The Labute approximate surface area is 177 Å². The first-order chi connectivity index (χ1) is 15.1. The van der Waals surface area contributed by atoms with Crippen LogP contribution in [0.1, 0.15) is 0 Å². The number of amides is 1. The highest BCUT2D eigenvalue weighted by Crippen LogP contribution is 2.28. The third-order valence-electron chi connectivity index (χ3n) is 4.68. The Balaban J connectivity index is 1.99. The predicted molar refractivity (Wildman–Crippen MR) is 125 cm³/mol. The van der Waals surface area contributed by atoms with Crippen LogP contribution in [0.15, 0.2) is 95.5 Å². The lowest BCUT2D eigenvalue weighted by Crippen LogP contribution is -2.18. The van der Waals surface area contributed by atoms with Crippen molar-refractivity contribution in [3.05, 3.63) is 96.1 Å². The van der Waals surface area contributed by atoms with Crippen molar-refractivity contribution in [1.82, 2.24) is 9.55 Å². The van der Waals surface area contributed by atoms with Gasteiger partial charge in [-0.15, -0.1) is 0 Å². The van der Waals surface area contributed by atoms with E-state index in [9.17, 15) is 9.59 Å². The third-order valence-corrected chi connectivity index (χ3v) is 4.68. The van der Waals surface area contributed by atoms with Crippen LogP contribution in [0.25, 0.3) is 27.5 Å². The van der Waals surface area contributed by atoms with Gasteiger partial charge >= 0.3 is 0 Å². The molecule has 0 fully saturated rings. The molecule has 0 aliphatic heterocycles. The summed E-state index contributed by atoms with van der Waals surface area (Å²) in [5, 5.41) is 4.30. The number of allylic oxidation sites excluding steroid dienone is 1. The first kappa shape index (κ1) is 19.8. The first-order valence-corrected chi connectivity index (χ1v) is 9.50. The number of aliphatic imine (C=N–C) groups is 1. The zero-order chi connectivity index (χ0) is 21.8. The molecular formula is C24H19N5O2. The maximum atomic E-state index is 12.9. The van der Waals surface area contributed by atoms with Gasteiger partial charge in [0.1, 0.15) is 0 Å². The number of pyridine rings is 2. The van der Waals surface area contributed by atoms with E-state index in [1.165, 1.54) is 18.3 Å². The molecule has 0 saturated heterocycles. The number of fused-ring (bicyclic) bond motifs is 3. The number of hydrogen-bond acceptors (Lipinski definition) is 5. The van der Waals surface area contributed by atoms with Gasteiger partial charge in [-0.25, -0.2) is 0 Å². The van der Waals surface area contributed by atoms with Gasteiger partial charge in [-0.05, 0) is 60.8 Å². The Hall–Kier alpha value is -4.52. The van der Waals surface area contributed by atoms with E-state index in [1.807, 2.05) is 24.3 Å². The molecule has 4 aromatic rings. The van der Waals surface area contributed by atoms with Crippen molar-refractivity contribution in [3.63, 3.8) is 0 Å². The molecule has 3 N–H and O–H groups in total. The molecule has 0 saturated carbocycles. The molecule has 0 bridgehead atoms. The first-order valence-electron chi connectivity index (χ1n) is 9.50. The number of aromatic nitrogens is 2. The Morgan fingerprint density at radius 1 is 1.16 bits per heavy atom. The molecule has 0 atom stereocenters. The van der Waals surface area contributed by atoms with Gasteiger partial charge in [0.05, 0.1) is 22.4 Å². The summed E-state index contributed by atoms with van der Waals surface area (Å²) in [6.07, 6.45) is 7.55. The number of benzene rings is 2. The highest BCUT2D eigenvalue weighted by Gasteiger charge is 2.11. The van der Waals surface area contributed by atoms with Crippen molar-refractivity contribution < 1.29 is 4.79 Å². The lowest BCUT2D eigenvalue weighted by atomic mass is 10.1. The van der Waals surface area contributed by atoms with E-state index >= 15 is 0 Å². The summed E-state index contributed by atoms with van der Waals surface area (Å²) in [7, 11) is 0. The maximum absolute atomic E-state index is 12.9. The predicted octanol–water partition coefficient (Wildman–Crippen LogP) is 3.84. The minimum Gasteiger partial charge on any atom is -0.405 e. The monoisotopic (exact) mass is 409 g/mol. The molecule has 2 aromatic carbocycles. The molecule has 7 nitrogen and oxygen atoms in total. The summed E-state index contributed by atoms with van der Waals surface area (Å²) >= 11 is 0. The van der Waals surface area contributed by atoms with Crippen molar-refractivity contribution in [2.24, 2.45) is 10.7 Å². The molecule has 0 unspecified atom stereocenters. The summed E-state index contributed by atoms with van der Waals surface area (Å²) in [6, 6.07) is 15.9. The fourth-order valence-corrected chi connectivity index (χ4v) is 3.33. The van der Waals surface area contributed by atoms with Crippen molar-refractivity contribution in [2.45, 2.75) is 0 Å². The average molecular weight is 409 g/mol. The molecule has 0 aliphatic carbocycles. The van der Waals surface area contributed by atoms with Crippen LogP contribution in [0.4, 0.5) is 11.4 Å². The Kier molecular flexibility index (Phi) is 5.40. The molecule has 0 spiro atoms. The van der Waals surface area contributed by atoms with Gasteiger partial charge in [0.15, 0.2) is 0 Å². The molecular weight excluding hydrogens is 390 g/mol. The van der Waals surface area contributed by atoms with E-state index in [2.05, 4.69) is 21.9 Å². The number of hydrogen-bond donors (Lipinski definition) is 2. The number of nitrogens with zero attached hydrogens (tertiary/aromatic N) is 3. The maximum Gasteiger partial charge on any atom is 0.255 e. The van der Waals surface area contributed by atoms with Gasteiger partial charge in [-0.3, -0.25) is 24.1 Å². The molecule has 2 aromatic heterocycles. The minimum absolute atomic E-state index is 0.202. The lowest BCUT2D eigenvalue weighted by molar-refractivity contribution is -0.111. The molecule has 4 rings (SSSR count). The Morgan fingerprint density at radius 3 is 2.84 bits per heavy atom. The quantitative estimate of drug-likeness (QED) is 0.297. The van der Waals surface area contributed by atoms with Gasteiger partial charge in [-0.2, -0.15) is 0 Å². The summed E-state index contributed by atoms with van der Waals surface area (Å²) in [5.74, 6) is -0.328. The number of nitrogens with one attached hydrogen (secondary N) is 1. The average Bonchev–Trinajstić information content (AvgIpc) is 2.79. The van der Waals surface area contributed by atoms with E-state index in [0.29, 0.717) is 22.6 Å². The summed E-state index contributed by atoms with van der Waals surface area (Å²) in [6.45, 7) is 3.46. The lowest BCUT2D eigenvalue weighted by Gasteiger charge is -2.14. The molecule has 152 valence electrons. The van der Waals surface area contributed by atoms with Crippen LogP contribution in [-0.2, 0) is 4.79 Å². The molecule has 7 heteroatoms. The van der Waals surface area contributed by atoms with E-state index in [0.717, 1.165) is 16.3 Å². The van der Waals surface area contributed by atoms with E-state index in [-0.39, 0.29) is 11.5 Å². The number of anilines is 1. The second-order valence-corrected chi connectivity index (χ2v) is 6.68. The van der Waals surface area contributed by atoms with E-state index < -0.39 is 0 Å². The summed E-state index contributed by atoms with van der Waals surface area (Å²) in [4.78, 5) is 33.5. The van der Waals surface area contributed by atoms with Gasteiger partial charge in [0, 0.05) is 34.9 Å². The molecule has 0 radical (unpaired) electrons. The third kappa shape index (κ3) is 3.97.